The maximum atomic E-state index is 12.1. The summed E-state index contributed by atoms with van der Waals surface area (Å²) in [5.41, 5.74) is -0.686. The van der Waals surface area contributed by atoms with E-state index in [1.807, 2.05) is 0 Å². The molecule has 0 bridgehead atoms. The molecule has 4 aromatic carbocycles. The van der Waals surface area contributed by atoms with Crippen LogP contribution in [0.4, 0.5) is 0 Å². The number of hydrogen-bond acceptors (Lipinski definition) is 12. The van der Waals surface area contributed by atoms with E-state index in [1.54, 1.807) is 0 Å². The lowest BCUT2D eigenvalue weighted by Gasteiger charge is -2.07. The summed E-state index contributed by atoms with van der Waals surface area (Å²) in [7, 11) is 0. The van der Waals surface area contributed by atoms with Crippen molar-refractivity contribution in [2.24, 2.45) is 0 Å². The average molecular weight is 572 g/mol. The predicted octanol–water partition coefficient (Wildman–Crippen LogP) is 4.56. The first kappa shape index (κ1) is 27.3. The summed E-state index contributed by atoms with van der Waals surface area (Å²) >= 11 is 0. The third kappa shape index (κ3) is 4.91. The van der Waals surface area contributed by atoms with Gasteiger partial charge in [-0.15, -0.1) is 0 Å². The van der Waals surface area contributed by atoms with E-state index >= 15 is 0 Å². The molecule has 0 saturated carbocycles. The van der Waals surface area contributed by atoms with Gasteiger partial charge < -0.3 is 49.7 Å². The molecule has 0 saturated heterocycles. The third-order valence-corrected chi connectivity index (χ3v) is 6.18. The van der Waals surface area contributed by atoms with Crippen LogP contribution in [0.5, 0.6) is 46.0 Å². The van der Waals surface area contributed by atoms with E-state index < -0.39 is 33.9 Å². The van der Waals surface area contributed by atoms with Crippen LogP contribution in [0.2, 0.25) is 0 Å². The molecule has 12 heteroatoms. The van der Waals surface area contributed by atoms with Crippen LogP contribution in [0.1, 0.15) is 0 Å². The molecule has 0 radical (unpaired) electrons. The Morgan fingerprint density at radius 1 is 0.429 bits per heavy atom. The van der Waals surface area contributed by atoms with Gasteiger partial charge in [0, 0.05) is 23.3 Å². The number of rotatable bonds is 2. The lowest BCUT2D eigenvalue weighted by molar-refractivity contribution is 0.403. The Kier molecular flexibility index (Phi) is 6.72. The van der Waals surface area contributed by atoms with Crippen molar-refractivity contribution in [3.63, 3.8) is 0 Å². The van der Waals surface area contributed by atoms with E-state index in [0.29, 0.717) is 0 Å². The zero-order valence-electron chi connectivity index (χ0n) is 21.1. The highest BCUT2D eigenvalue weighted by atomic mass is 16.4. The highest BCUT2D eigenvalue weighted by Crippen LogP contribution is 2.37. The first-order valence-corrected chi connectivity index (χ1v) is 12.0. The molecule has 6 aromatic rings. The van der Waals surface area contributed by atoms with Gasteiger partial charge in [0.2, 0.25) is 22.4 Å². The average Bonchev–Trinajstić information content (AvgIpc) is 2.96. The second-order valence-electron chi connectivity index (χ2n) is 8.99. The van der Waals surface area contributed by atoms with E-state index in [9.17, 15) is 50.4 Å². The Labute approximate surface area is 233 Å². The van der Waals surface area contributed by atoms with Crippen LogP contribution in [0, 0.1) is 0 Å². The molecule has 0 atom stereocenters. The monoisotopic (exact) mass is 572 g/mol. The van der Waals surface area contributed by atoms with Crippen LogP contribution < -0.4 is 10.9 Å². The summed E-state index contributed by atoms with van der Waals surface area (Å²) in [6.45, 7) is 0. The molecule has 8 N–H and O–H groups in total. The minimum Gasteiger partial charge on any atom is -0.508 e. The summed E-state index contributed by atoms with van der Waals surface area (Å²) in [5.74, 6) is -3.21. The van der Waals surface area contributed by atoms with Crippen LogP contribution >= 0.6 is 0 Å². The van der Waals surface area contributed by atoms with Crippen LogP contribution in [0.15, 0.2) is 91.2 Å². The number of aromatic hydroxyl groups is 8. The Balaban J connectivity index is 0.000000168. The third-order valence-electron chi connectivity index (χ3n) is 6.18. The Morgan fingerprint density at radius 2 is 0.810 bits per heavy atom. The van der Waals surface area contributed by atoms with Crippen molar-refractivity contribution in [1.29, 1.82) is 0 Å². The summed E-state index contributed by atoms with van der Waals surface area (Å²) in [6.07, 6.45) is 0. The van der Waals surface area contributed by atoms with Crippen molar-refractivity contribution in [2.45, 2.75) is 0 Å². The first-order valence-electron chi connectivity index (χ1n) is 12.0. The normalized spacial score (nSPS) is 10.9. The quantitative estimate of drug-likeness (QED) is 0.134. The summed E-state index contributed by atoms with van der Waals surface area (Å²) in [6, 6.07) is 15.3. The molecule has 0 amide bonds. The summed E-state index contributed by atoms with van der Waals surface area (Å²) in [4.78, 5) is 24.2. The zero-order chi connectivity index (χ0) is 30.3. The van der Waals surface area contributed by atoms with Gasteiger partial charge in [-0.3, -0.25) is 9.59 Å². The molecule has 0 unspecified atom stereocenters. The fourth-order valence-corrected chi connectivity index (χ4v) is 4.06. The number of hydrogen-bond donors (Lipinski definition) is 8. The van der Waals surface area contributed by atoms with Crippen LogP contribution in [0.3, 0.4) is 0 Å². The van der Waals surface area contributed by atoms with Crippen molar-refractivity contribution < 1.29 is 49.7 Å². The number of fused-ring (bicyclic) bond motifs is 2. The van der Waals surface area contributed by atoms with E-state index in [2.05, 4.69) is 0 Å². The van der Waals surface area contributed by atoms with Crippen molar-refractivity contribution in [2.75, 3.05) is 0 Å². The SMILES string of the molecule is O=c1c(O)c(-c2ccc(O)c(O)c2)oc2cc(O)ccc12.O=c1c(O)c(-c2ccc(O)c(O)c2)oc2cc(O)ccc12. The molecule has 2 aromatic heterocycles. The maximum absolute atomic E-state index is 12.1. The standard InChI is InChI=1S/2C15H10O6/c2*16-8-2-3-9-12(6-8)21-15(14(20)13(9)19)7-1-4-10(17)11(18)5-7/h2*1-6,16-18,20H. The van der Waals surface area contributed by atoms with Crippen LogP contribution in [0.25, 0.3) is 44.6 Å². The highest BCUT2D eigenvalue weighted by molar-refractivity contribution is 5.84. The Hall–Kier alpha value is -6.30. The minimum absolute atomic E-state index is 0.0872. The topological polar surface area (TPSA) is 222 Å². The van der Waals surface area contributed by atoms with Gasteiger partial charge in [-0.05, 0) is 60.7 Å². The molecule has 0 aliphatic carbocycles. The zero-order valence-corrected chi connectivity index (χ0v) is 21.1. The Bertz CT molecular complexity index is 1970. The van der Waals surface area contributed by atoms with Gasteiger partial charge in [0.25, 0.3) is 0 Å². The van der Waals surface area contributed by atoms with Gasteiger partial charge in [-0.25, -0.2) is 0 Å². The van der Waals surface area contributed by atoms with Gasteiger partial charge >= 0.3 is 0 Å². The fraction of sp³-hybridized carbons (Fsp3) is 0. The second kappa shape index (κ2) is 10.4. The maximum Gasteiger partial charge on any atom is 0.235 e. The Morgan fingerprint density at radius 3 is 1.17 bits per heavy atom. The van der Waals surface area contributed by atoms with Crippen molar-refractivity contribution in [3.8, 4) is 68.6 Å². The molecule has 0 aliphatic heterocycles. The number of benzene rings is 4. The number of phenolic OH excluding ortho intramolecular Hbond substituents is 6. The number of phenols is 6. The first-order chi connectivity index (χ1) is 19.9. The molecule has 212 valence electrons. The summed E-state index contributed by atoms with van der Waals surface area (Å²) < 4.78 is 10.9. The molecule has 0 spiro atoms. The molecule has 6 rings (SSSR count). The lowest BCUT2D eigenvalue weighted by atomic mass is 10.1. The van der Waals surface area contributed by atoms with Gasteiger partial charge in [0.05, 0.1) is 10.8 Å². The molecule has 0 fully saturated rings. The van der Waals surface area contributed by atoms with E-state index in [-0.39, 0.29) is 67.6 Å². The summed E-state index contributed by atoms with van der Waals surface area (Å²) in [5, 5.41) is 76.6. The largest absolute Gasteiger partial charge is 0.508 e. The fourth-order valence-electron chi connectivity index (χ4n) is 4.06. The lowest BCUT2D eigenvalue weighted by Crippen LogP contribution is -2.02. The smallest absolute Gasteiger partial charge is 0.235 e. The highest BCUT2D eigenvalue weighted by Gasteiger charge is 2.18. The van der Waals surface area contributed by atoms with E-state index in [4.69, 9.17) is 8.83 Å². The van der Waals surface area contributed by atoms with Crippen molar-refractivity contribution in [1.82, 2.24) is 0 Å². The van der Waals surface area contributed by atoms with Gasteiger partial charge in [0.1, 0.15) is 22.7 Å². The predicted molar refractivity (Wildman–Crippen MR) is 149 cm³/mol. The minimum atomic E-state index is -0.654. The second-order valence-corrected chi connectivity index (χ2v) is 8.99. The molecule has 2 heterocycles. The molecule has 0 aliphatic rings. The van der Waals surface area contributed by atoms with E-state index in [1.165, 1.54) is 60.7 Å². The van der Waals surface area contributed by atoms with Crippen molar-refractivity contribution >= 4 is 21.9 Å². The van der Waals surface area contributed by atoms with Gasteiger partial charge in [-0.2, -0.15) is 0 Å². The molecule has 12 nitrogen and oxygen atoms in total. The van der Waals surface area contributed by atoms with Crippen molar-refractivity contribution in [3.05, 3.63) is 93.2 Å². The van der Waals surface area contributed by atoms with E-state index in [0.717, 1.165) is 12.1 Å². The molecular formula is C30H20O12. The van der Waals surface area contributed by atoms with Gasteiger partial charge in [0.15, 0.2) is 34.5 Å². The molecular weight excluding hydrogens is 552 g/mol. The van der Waals surface area contributed by atoms with Gasteiger partial charge in [-0.1, -0.05) is 0 Å². The molecule has 42 heavy (non-hydrogen) atoms. The van der Waals surface area contributed by atoms with Crippen LogP contribution in [-0.2, 0) is 0 Å². The van der Waals surface area contributed by atoms with Crippen LogP contribution in [-0.4, -0.2) is 40.9 Å².